The highest BCUT2D eigenvalue weighted by Crippen LogP contribution is 2.62. The summed E-state index contributed by atoms with van der Waals surface area (Å²) in [5, 5.41) is 13.5. The maximum absolute atomic E-state index is 12.8. The molecule has 1 aromatic carbocycles. The molecule has 1 fully saturated rings. The summed E-state index contributed by atoms with van der Waals surface area (Å²) in [6, 6.07) is 4.08. The fourth-order valence-electron chi connectivity index (χ4n) is 6.92. The van der Waals surface area contributed by atoms with Crippen LogP contribution in [0.15, 0.2) is 24.3 Å². The zero-order chi connectivity index (χ0) is 26.2. The van der Waals surface area contributed by atoms with Crippen LogP contribution in [0.5, 0.6) is 11.5 Å². The minimum atomic E-state index is -0.533. The number of ether oxygens (including phenoxy) is 2. The van der Waals surface area contributed by atoms with E-state index in [4.69, 9.17) is 9.47 Å². The molecule has 2 aliphatic heterocycles. The first-order valence-electron chi connectivity index (χ1n) is 13.7. The van der Waals surface area contributed by atoms with E-state index in [1.54, 1.807) is 13.0 Å². The minimum Gasteiger partial charge on any atom is -0.504 e. The molecule has 2 heterocycles. The van der Waals surface area contributed by atoms with Gasteiger partial charge in [-0.1, -0.05) is 18.6 Å². The largest absolute Gasteiger partial charge is 0.504 e. The van der Waals surface area contributed by atoms with Gasteiger partial charge in [0.05, 0.1) is 0 Å². The SMILES string of the molecule is CC(=O)CCCCCNC(=O)CCCC(=O)O[C@H]1C=C[C@H]2[C@H]3Cc4ccc(O)c5c4[C@@]2(CCN3C)[C@H]1O5. The number of ketones is 1. The molecule has 2 bridgehead atoms. The van der Waals surface area contributed by atoms with Crippen LogP contribution in [0.3, 0.4) is 0 Å². The van der Waals surface area contributed by atoms with Crippen LogP contribution in [-0.2, 0) is 31.0 Å². The molecule has 2 N–H and O–H groups in total. The lowest BCUT2D eigenvalue weighted by Gasteiger charge is -2.56. The zero-order valence-electron chi connectivity index (χ0n) is 21.8. The van der Waals surface area contributed by atoms with Gasteiger partial charge in [-0.05, 0) is 70.3 Å². The van der Waals surface area contributed by atoms with Gasteiger partial charge < -0.3 is 29.6 Å². The van der Waals surface area contributed by atoms with Gasteiger partial charge in [-0.2, -0.15) is 0 Å². The third kappa shape index (κ3) is 4.76. The average molecular weight is 511 g/mol. The first-order chi connectivity index (χ1) is 17.8. The average Bonchev–Trinajstić information content (AvgIpc) is 3.21. The van der Waals surface area contributed by atoms with Crippen LogP contribution in [0.25, 0.3) is 0 Å². The Kier molecular flexibility index (Phi) is 7.30. The molecule has 37 heavy (non-hydrogen) atoms. The third-order valence-corrected chi connectivity index (χ3v) is 8.71. The van der Waals surface area contributed by atoms with E-state index in [-0.39, 0.29) is 53.7 Å². The molecule has 1 spiro atoms. The van der Waals surface area contributed by atoms with Crippen LogP contribution in [0.2, 0.25) is 0 Å². The Morgan fingerprint density at radius 2 is 1.97 bits per heavy atom. The van der Waals surface area contributed by atoms with Crippen molar-refractivity contribution < 1.29 is 29.0 Å². The van der Waals surface area contributed by atoms with Gasteiger partial charge in [0.2, 0.25) is 5.91 Å². The van der Waals surface area contributed by atoms with Crippen molar-refractivity contribution >= 4 is 17.7 Å². The Balaban J connectivity index is 1.16. The van der Waals surface area contributed by atoms with Crippen LogP contribution in [0, 0.1) is 5.92 Å². The second-order valence-corrected chi connectivity index (χ2v) is 11.1. The van der Waals surface area contributed by atoms with Gasteiger partial charge in [0.15, 0.2) is 17.6 Å². The number of aromatic hydroxyl groups is 1. The second kappa shape index (κ2) is 10.5. The summed E-state index contributed by atoms with van der Waals surface area (Å²) < 4.78 is 12.3. The summed E-state index contributed by atoms with van der Waals surface area (Å²) in [6.07, 6.45) is 9.10. The Hall–Kier alpha value is -2.87. The van der Waals surface area contributed by atoms with Crippen molar-refractivity contribution in [2.75, 3.05) is 20.1 Å². The molecule has 1 saturated heterocycles. The molecule has 5 atom stereocenters. The fourth-order valence-corrected chi connectivity index (χ4v) is 6.92. The zero-order valence-corrected chi connectivity index (χ0v) is 21.8. The molecule has 0 saturated carbocycles. The molecular formula is C29H38N2O6. The predicted octanol–water partition coefficient (Wildman–Crippen LogP) is 3.18. The number of piperidine rings is 1. The van der Waals surface area contributed by atoms with Gasteiger partial charge in [0, 0.05) is 48.7 Å². The molecule has 0 aromatic heterocycles. The second-order valence-electron chi connectivity index (χ2n) is 11.1. The maximum atomic E-state index is 12.8. The quantitative estimate of drug-likeness (QED) is 0.268. The summed E-state index contributed by atoms with van der Waals surface area (Å²) in [6.45, 7) is 3.10. The van der Waals surface area contributed by atoms with Crippen LogP contribution < -0.4 is 10.1 Å². The van der Waals surface area contributed by atoms with Crippen molar-refractivity contribution in [2.45, 2.75) is 88.4 Å². The highest BCUT2D eigenvalue weighted by Gasteiger charge is 2.65. The number of phenolic OH excluding ortho intramolecular Hbond substituents is 1. The lowest BCUT2D eigenvalue weighted by atomic mass is 9.53. The number of rotatable bonds is 11. The van der Waals surface area contributed by atoms with E-state index >= 15 is 0 Å². The standard InChI is InChI=1S/C29H38N2O6/c1-18(32)7-4-3-5-15-30-24(34)8-6-9-25(35)36-23-13-11-20-21-17-19-10-12-22(33)27-26(19)29(20,28(23)37-27)14-16-31(21)2/h10-13,20-21,23,28,33H,3-9,14-17H2,1-2H3,(H,30,34)/t20-,21+,23-,28-,29-/m0/s1. The molecule has 1 aromatic rings. The number of nitrogens with zero attached hydrogens (tertiary/aromatic N) is 1. The number of carbonyl (C=O) groups excluding carboxylic acids is 3. The molecule has 8 nitrogen and oxygen atoms in total. The van der Waals surface area contributed by atoms with Crippen LogP contribution in [-0.4, -0.2) is 66.1 Å². The Bertz CT molecular complexity index is 1100. The first-order valence-corrected chi connectivity index (χ1v) is 13.7. The molecule has 5 rings (SSSR count). The fraction of sp³-hybridized carbons (Fsp3) is 0.621. The van der Waals surface area contributed by atoms with Gasteiger partial charge in [-0.15, -0.1) is 0 Å². The van der Waals surface area contributed by atoms with Crippen molar-refractivity contribution in [2.24, 2.45) is 5.92 Å². The van der Waals surface area contributed by atoms with E-state index in [0.717, 1.165) is 44.2 Å². The predicted molar refractivity (Wildman–Crippen MR) is 137 cm³/mol. The lowest BCUT2D eigenvalue weighted by Crippen LogP contribution is -2.65. The van der Waals surface area contributed by atoms with E-state index in [1.807, 2.05) is 12.1 Å². The number of benzene rings is 1. The van der Waals surface area contributed by atoms with Gasteiger partial charge in [0.25, 0.3) is 0 Å². The van der Waals surface area contributed by atoms with Crippen molar-refractivity contribution in [1.29, 1.82) is 0 Å². The van der Waals surface area contributed by atoms with E-state index in [0.29, 0.717) is 31.2 Å². The number of unbranched alkanes of at least 4 members (excludes halogenated alkanes) is 2. The topological polar surface area (TPSA) is 105 Å². The molecule has 1 amide bonds. The van der Waals surface area contributed by atoms with E-state index in [2.05, 4.69) is 23.3 Å². The van der Waals surface area contributed by atoms with Crippen LogP contribution in [0.4, 0.5) is 0 Å². The van der Waals surface area contributed by atoms with Gasteiger partial charge in [0.1, 0.15) is 11.9 Å². The number of hydrogen-bond acceptors (Lipinski definition) is 7. The van der Waals surface area contributed by atoms with Gasteiger partial charge in [-0.3, -0.25) is 9.59 Å². The normalized spacial score (nSPS) is 28.8. The minimum absolute atomic E-state index is 0.0733. The van der Waals surface area contributed by atoms with Gasteiger partial charge >= 0.3 is 5.97 Å². The number of carbonyl (C=O) groups is 3. The summed E-state index contributed by atoms with van der Waals surface area (Å²) in [7, 11) is 2.17. The summed E-state index contributed by atoms with van der Waals surface area (Å²) in [4.78, 5) is 38.2. The Morgan fingerprint density at radius 3 is 2.78 bits per heavy atom. The highest BCUT2D eigenvalue weighted by molar-refractivity contribution is 5.77. The van der Waals surface area contributed by atoms with E-state index in [1.165, 1.54) is 5.56 Å². The van der Waals surface area contributed by atoms with Gasteiger partial charge in [-0.25, -0.2) is 0 Å². The number of likely N-dealkylation sites (N-methyl/N-ethyl adjacent to an activating group) is 1. The van der Waals surface area contributed by atoms with E-state index < -0.39 is 6.10 Å². The number of likely N-dealkylation sites (tertiary alicyclic amines) is 1. The maximum Gasteiger partial charge on any atom is 0.306 e. The van der Waals surface area contributed by atoms with Crippen LogP contribution in [0.1, 0.15) is 69.4 Å². The number of phenols is 1. The summed E-state index contributed by atoms with van der Waals surface area (Å²) in [5.41, 5.74) is 2.02. The molecule has 0 radical (unpaired) electrons. The number of amides is 1. The summed E-state index contributed by atoms with van der Waals surface area (Å²) >= 11 is 0. The van der Waals surface area contributed by atoms with Crippen molar-refractivity contribution in [3.8, 4) is 11.5 Å². The molecule has 2 aliphatic carbocycles. The third-order valence-electron chi connectivity index (χ3n) is 8.71. The number of nitrogens with one attached hydrogen (secondary N) is 1. The smallest absolute Gasteiger partial charge is 0.306 e. The molecule has 0 unspecified atom stereocenters. The van der Waals surface area contributed by atoms with Crippen molar-refractivity contribution in [3.05, 3.63) is 35.4 Å². The highest BCUT2D eigenvalue weighted by atomic mass is 16.6. The first kappa shape index (κ1) is 25.8. The van der Waals surface area contributed by atoms with Crippen molar-refractivity contribution in [3.63, 3.8) is 0 Å². The van der Waals surface area contributed by atoms with Crippen LogP contribution >= 0.6 is 0 Å². The summed E-state index contributed by atoms with van der Waals surface area (Å²) in [5.74, 6) is 0.724. The number of Topliss-reactive ketones (excluding diaryl/α,β-unsaturated/α-hetero) is 1. The van der Waals surface area contributed by atoms with Crippen molar-refractivity contribution in [1.82, 2.24) is 10.2 Å². The molecule has 4 aliphatic rings. The molecule has 200 valence electrons. The van der Waals surface area contributed by atoms with E-state index in [9.17, 15) is 19.5 Å². The monoisotopic (exact) mass is 510 g/mol. The Morgan fingerprint density at radius 1 is 1.14 bits per heavy atom. The number of hydrogen-bond donors (Lipinski definition) is 2. The lowest BCUT2D eigenvalue weighted by molar-refractivity contribution is -0.155. The molecular weight excluding hydrogens is 472 g/mol. The Labute approximate surface area is 218 Å². The molecule has 8 heteroatoms. The number of esters is 1.